The molecule has 0 radical (unpaired) electrons. The molecule has 2 aromatic rings. The van der Waals surface area contributed by atoms with Crippen LogP contribution in [0.2, 0.25) is 5.02 Å². The summed E-state index contributed by atoms with van der Waals surface area (Å²) in [7, 11) is -2.32. The molecule has 0 aliphatic carbocycles. The minimum absolute atomic E-state index is 0.0262. The first-order chi connectivity index (χ1) is 9.94. The van der Waals surface area contributed by atoms with Crippen LogP contribution in [0.4, 0.5) is 0 Å². The number of Topliss-reactive ketones (excluding diaryl/α,β-unsaturated/α-hetero) is 1. The van der Waals surface area contributed by atoms with E-state index in [9.17, 15) is 13.2 Å². The number of methoxy groups -OCH3 is 1. The Labute approximate surface area is 128 Å². The first-order valence-electron chi connectivity index (χ1n) is 6.08. The molecule has 2 aromatic carbocycles. The van der Waals surface area contributed by atoms with Gasteiger partial charge in [-0.15, -0.1) is 0 Å². The Balaban J connectivity index is 2.30. The third-order valence-corrected chi connectivity index (χ3v) is 4.73. The highest BCUT2D eigenvalue weighted by atomic mass is 35.5. The van der Waals surface area contributed by atoms with Crippen molar-refractivity contribution >= 4 is 27.2 Å². The molecule has 0 bridgehead atoms. The molecule has 0 fully saturated rings. The molecule has 0 aromatic heterocycles. The van der Waals surface area contributed by atoms with Crippen LogP contribution < -0.4 is 4.74 Å². The maximum atomic E-state index is 12.2. The number of carbonyl (C=O) groups excluding carboxylic acids is 1. The molecule has 0 aliphatic heterocycles. The van der Waals surface area contributed by atoms with Crippen molar-refractivity contribution in [2.75, 3.05) is 12.9 Å². The van der Waals surface area contributed by atoms with E-state index in [4.69, 9.17) is 16.3 Å². The maximum absolute atomic E-state index is 12.2. The van der Waals surface area contributed by atoms with Gasteiger partial charge in [0, 0.05) is 5.02 Å². The number of ketones is 1. The predicted octanol–water partition coefficient (Wildman–Crippen LogP) is 3.01. The van der Waals surface area contributed by atoms with Crippen molar-refractivity contribution in [3.05, 3.63) is 59.1 Å². The van der Waals surface area contributed by atoms with E-state index < -0.39 is 21.4 Å². The molecular formula is C15H13ClO4S. The molecule has 0 aliphatic rings. The van der Waals surface area contributed by atoms with Gasteiger partial charge in [-0.05, 0) is 30.3 Å². The normalized spacial score (nSPS) is 11.1. The summed E-state index contributed by atoms with van der Waals surface area (Å²) in [6, 6.07) is 12.4. The number of para-hydroxylation sites is 1. The summed E-state index contributed by atoms with van der Waals surface area (Å²) >= 11 is 5.78. The van der Waals surface area contributed by atoms with Gasteiger partial charge >= 0.3 is 0 Å². The van der Waals surface area contributed by atoms with Crippen LogP contribution in [-0.4, -0.2) is 27.1 Å². The van der Waals surface area contributed by atoms with Gasteiger partial charge in [0.05, 0.1) is 17.6 Å². The minimum atomic E-state index is -3.74. The smallest absolute Gasteiger partial charge is 0.185 e. The zero-order valence-electron chi connectivity index (χ0n) is 11.2. The molecule has 0 heterocycles. The van der Waals surface area contributed by atoms with Crippen LogP contribution in [0, 0.1) is 0 Å². The average Bonchev–Trinajstić information content (AvgIpc) is 2.46. The third kappa shape index (κ3) is 3.62. The molecule has 0 atom stereocenters. The highest BCUT2D eigenvalue weighted by Gasteiger charge is 2.22. The molecular weight excluding hydrogens is 312 g/mol. The molecule has 0 amide bonds. The van der Waals surface area contributed by atoms with Gasteiger partial charge in [-0.25, -0.2) is 8.42 Å². The lowest BCUT2D eigenvalue weighted by Crippen LogP contribution is -2.17. The van der Waals surface area contributed by atoms with E-state index in [-0.39, 0.29) is 10.5 Å². The van der Waals surface area contributed by atoms with Gasteiger partial charge < -0.3 is 4.74 Å². The first-order valence-corrected chi connectivity index (χ1v) is 8.11. The third-order valence-electron chi connectivity index (χ3n) is 2.88. The minimum Gasteiger partial charge on any atom is -0.496 e. The van der Waals surface area contributed by atoms with Crippen LogP contribution in [0.25, 0.3) is 0 Å². The van der Waals surface area contributed by atoms with Crippen molar-refractivity contribution in [2.24, 2.45) is 0 Å². The van der Waals surface area contributed by atoms with Crippen LogP contribution in [0.1, 0.15) is 10.4 Å². The summed E-state index contributed by atoms with van der Waals surface area (Å²) in [5.74, 6) is -0.801. The summed E-state index contributed by atoms with van der Waals surface area (Å²) in [6.45, 7) is 0. The number of carbonyl (C=O) groups is 1. The van der Waals surface area contributed by atoms with Crippen molar-refractivity contribution in [3.63, 3.8) is 0 Å². The molecule has 4 nitrogen and oxygen atoms in total. The molecule has 110 valence electrons. The standard InChI is InChI=1S/C15H13ClO4S/c1-20-15-8-3-2-7-13(15)14(17)10-21(18,19)12-6-4-5-11(16)9-12/h2-9H,10H2,1H3. The average molecular weight is 325 g/mol. The highest BCUT2D eigenvalue weighted by molar-refractivity contribution is 7.92. The summed E-state index contributed by atoms with van der Waals surface area (Å²) in [5, 5.41) is 0.306. The molecule has 0 spiro atoms. The fraction of sp³-hybridized carbons (Fsp3) is 0.133. The molecule has 2 rings (SSSR count). The summed E-state index contributed by atoms with van der Waals surface area (Å²) in [4.78, 5) is 12.2. The molecule has 6 heteroatoms. The van der Waals surface area contributed by atoms with E-state index in [1.54, 1.807) is 24.3 Å². The second kappa shape index (κ2) is 6.28. The molecule has 0 saturated heterocycles. The summed E-state index contributed by atoms with van der Waals surface area (Å²) in [5.41, 5.74) is 0.241. The number of hydrogen-bond donors (Lipinski definition) is 0. The fourth-order valence-corrected chi connectivity index (χ4v) is 3.38. The Hall–Kier alpha value is -1.85. The number of benzene rings is 2. The molecule has 0 saturated carbocycles. The topological polar surface area (TPSA) is 60.4 Å². The van der Waals surface area contributed by atoms with Gasteiger partial charge in [-0.2, -0.15) is 0 Å². The Morgan fingerprint density at radius 2 is 1.86 bits per heavy atom. The zero-order chi connectivity index (χ0) is 15.5. The quantitative estimate of drug-likeness (QED) is 0.793. The predicted molar refractivity (Wildman–Crippen MR) is 80.8 cm³/mol. The lowest BCUT2D eigenvalue weighted by atomic mass is 10.1. The molecule has 0 unspecified atom stereocenters. The van der Waals surface area contributed by atoms with E-state index in [1.807, 2.05) is 0 Å². The number of rotatable bonds is 5. The van der Waals surface area contributed by atoms with Crippen molar-refractivity contribution < 1.29 is 17.9 Å². The second-order valence-electron chi connectivity index (χ2n) is 4.34. The van der Waals surface area contributed by atoms with Crippen LogP contribution in [-0.2, 0) is 9.84 Å². The SMILES string of the molecule is COc1ccccc1C(=O)CS(=O)(=O)c1cccc(Cl)c1. The van der Waals surface area contributed by atoms with Crippen molar-refractivity contribution in [1.29, 1.82) is 0 Å². The Morgan fingerprint density at radius 1 is 1.14 bits per heavy atom. The fourth-order valence-electron chi connectivity index (χ4n) is 1.87. The van der Waals surface area contributed by atoms with Gasteiger partial charge in [-0.1, -0.05) is 29.8 Å². The van der Waals surface area contributed by atoms with Crippen molar-refractivity contribution in [2.45, 2.75) is 4.90 Å². The Bertz CT molecular complexity index is 769. The van der Waals surface area contributed by atoms with E-state index >= 15 is 0 Å². The van der Waals surface area contributed by atoms with Gasteiger partial charge in [0.1, 0.15) is 11.5 Å². The first kappa shape index (κ1) is 15.5. The number of halogens is 1. The van der Waals surface area contributed by atoms with E-state index in [0.29, 0.717) is 10.8 Å². The lowest BCUT2D eigenvalue weighted by Gasteiger charge is -2.08. The van der Waals surface area contributed by atoms with Crippen LogP contribution in [0.3, 0.4) is 0 Å². The largest absolute Gasteiger partial charge is 0.496 e. The highest BCUT2D eigenvalue weighted by Crippen LogP contribution is 2.21. The van der Waals surface area contributed by atoms with Crippen LogP contribution in [0.5, 0.6) is 5.75 Å². The van der Waals surface area contributed by atoms with E-state index in [1.165, 1.54) is 31.4 Å². The lowest BCUT2D eigenvalue weighted by molar-refractivity contribution is 0.101. The number of hydrogen-bond acceptors (Lipinski definition) is 4. The van der Waals surface area contributed by atoms with Gasteiger partial charge in [0.2, 0.25) is 0 Å². The van der Waals surface area contributed by atoms with Gasteiger partial charge in [0.15, 0.2) is 15.6 Å². The Kier molecular flexibility index (Phi) is 4.65. The number of sulfone groups is 1. The second-order valence-corrected chi connectivity index (χ2v) is 6.77. The van der Waals surface area contributed by atoms with E-state index in [2.05, 4.69) is 0 Å². The van der Waals surface area contributed by atoms with Crippen molar-refractivity contribution in [1.82, 2.24) is 0 Å². The van der Waals surface area contributed by atoms with Crippen LogP contribution in [0.15, 0.2) is 53.4 Å². The van der Waals surface area contributed by atoms with Gasteiger partial charge in [-0.3, -0.25) is 4.79 Å². The van der Waals surface area contributed by atoms with Crippen LogP contribution >= 0.6 is 11.6 Å². The maximum Gasteiger partial charge on any atom is 0.185 e. The van der Waals surface area contributed by atoms with E-state index in [0.717, 1.165) is 0 Å². The molecule has 21 heavy (non-hydrogen) atoms. The molecule has 0 N–H and O–H groups in total. The Morgan fingerprint density at radius 3 is 2.52 bits per heavy atom. The summed E-state index contributed by atoms with van der Waals surface area (Å²) < 4.78 is 29.6. The number of ether oxygens (including phenoxy) is 1. The zero-order valence-corrected chi connectivity index (χ0v) is 12.8. The van der Waals surface area contributed by atoms with Gasteiger partial charge in [0.25, 0.3) is 0 Å². The monoisotopic (exact) mass is 324 g/mol. The van der Waals surface area contributed by atoms with Crippen molar-refractivity contribution in [3.8, 4) is 5.75 Å². The summed E-state index contributed by atoms with van der Waals surface area (Å²) in [6.07, 6.45) is 0.